The Hall–Kier alpha value is -1.58. The van der Waals surface area contributed by atoms with Gasteiger partial charge in [-0.25, -0.2) is 9.18 Å². The van der Waals surface area contributed by atoms with Gasteiger partial charge in [0.1, 0.15) is 5.82 Å². The van der Waals surface area contributed by atoms with Crippen LogP contribution in [0, 0.1) is 5.82 Å². The fraction of sp³-hybridized carbons (Fsp3) is 0. The molecule has 18 heavy (non-hydrogen) atoms. The molecular weight excluding hydrogens is 278 g/mol. The van der Waals surface area contributed by atoms with Crippen molar-refractivity contribution in [2.24, 2.45) is 0 Å². The van der Waals surface area contributed by atoms with Crippen molar-refractivity contribution >= 4 is 29.2 Å². The first-order valence-electron chi connectivity index (χ1n) is 4.97. The zero-order chi connectivity index (χ0) is 13.3. The van der Waals surface area contributed by atoms with Gasteiger partial charge in [0.15, 0.2) is 0 Å². The maximum atomic E-state index is 13.7. The number of hydrogen-bond donors (Lipinski definition) is 1. The van der Waals surface area contributed by atoms with Gasteiger partial charge in [0.2, 0.25) is 0 Å². The van der Waals surface area contributed by atoms with Crippen molar-refractivity contribution in [1.29, 1.82) is 0 Å². The van der Waals surface area contributed by atoms with Gasteiger partial charge in [-0.1, -0.05) is 29.3 Å². The number of carboxylic acids is 1. The Morgan fingerprint density at radius 3 is 2.39 bits per heavy atom. The summed E-state index contributed by atoms with van der Waals surface area (Å²) in [4.78, 5) is 10.8. The number of halogens is 3. The van der Waals surface area contributed by atoms with Crippen LogP contribution in [0.3, 0.4) is 0 Å². The molecule has 0 aliphatic heterocycles. The van der Waals surface area contributed by atoms with Crippen molar-refractivity contribution in [3.05, 3.63) is 57.8 Å². The molecule has 0 aliphatic carbocycles. The van der Waals surface area contributed by atoms with Crippen molar-refractivity contribution in [1.82, 2.24) is 0 Å². The van der Waals surface area contributed by atoms with E-state index in [9.17, 15) is 9.18 Å². The van der Waals surface area contributed by atoms with Gasteiger partial charge in [0.05, 0.1) is 15.6 Å². The molecule has 2 aromatic rings. The van der Waals surface area contributed by atoms with Crippen LogP contribution in [0.15, 0.2) is 36.4 Å². The lowest BCUT2D eigenvalue weighted by Gasteiger charge is -2.06. The maximum Gasteiger partial charge on any atom is 0.335 e. The highest BCUT2D eigenvalue weighted by Crippen LogP contribution is 2.30. The van der Waals surface area contributed by atoms with Crippen LogP contribution in [-0.4, -0.2) is 11.1 Å². The Kier molecular flexibility index (Phi) is 3.55. The minimum atomic E-state index is -1.11. The van der Waals surface area contributed by atoms with E-state index in [1.165, 1.54) is 24.3 Å². The van der Waals surface area contributed by atoms with Crippen LogP contribution in [0.2, 0.25) is 10.0 Å². The summed E-state index contributed by atoms with van der Waals surface area (Å²) in [5.41, 5.74) is 0.663. The average Bonchev–Trinajstić information content (AvgIpc) is 2.33. The molecule has 2 rings (SSSR count). The smallest absolute Gasteiger partial charge is 0.335 e. The Morgan fingerprint density at radius 1 is 1.06 bits per heavy atom. The summed E-state index contributed by atoms with van der Waals surface area (Å²) < 4.78 is 13.7. The highest BCUT2D eigenvalue weighted by molar-refractivity contribution is 6.42. The van der Waals surface area contributed by atoms with Crippen molar-refractivity contribution < 1.29 is 14.3 Å². The minimum absolute atomic E-state index is 0.0115. The third kappa shape index (κ3) is 2.47. The molecule has 1 N–H and O–H groups in total. The molecule has 0 atom stereocenters. The predicted octanol–water partition coefficient (Wildman–Crippen LogP) is 4.50. The fourth-order valence-corrected chi connectivity index (χ4v) is 1.84. The number of benzene rings is 2. The molecule has 0 heterocycles. The first-order chi connectivity index (χ1) is 8.49. The second kappa shape index (κ2) is 4.96. The lowest BCUT2D eigenvalue weighted by Crippen LogP contribution is -1.97. The van der Waals surface area contributed by atoms with Crippen molar-refractivity contribution in [3.8, 4) is 11.1 Å². The molecular formula is C13H7Cl2FO2. The Morgan fingerprint density at radius 2 is 1.78 bits per heavy atom. The van der Waals surface area contributed by atoms with E-state index in [-0.39, 0.29) is 16.1 Å². The summed E-state index contributed by atoms with van der Waals surface area (Å²) in [5, 5.41) is 9.52. The monoisotopic (exact) mass is 284 g/mol. The average molecular weight is 285 g/mol. The Balaban J connectivity index is 2.58. The van der Waals surface area contributed by atoms with Gasteiger partial charge < -0.3 is 5.11 Å². The number of aromatic carboxylic acids is 1. The van der Waals surface area contributed by atoms with Gasteiger partial charge in [0.25, 0.3) is 0 Å². The van der Waals surface area contributed by atoms with Crippen LogP contribution in [0.1, 0.15) is 10.4 Å². The van der Waals surface area contributed by atoms with Crippen molar-refractivity contribution in [3.63, 3.8) is 0 Å². The van der Waals surface area contributed by atoms with Crippen LogP contribution in [0.5, 0.6) is 0 Å². The van der Waals surface area contributed by atoms with Crippen LogP contribution < -0.4 is 0 Å². The number of carbonyl (C=O) groups is 1. The minimum Gasteiger partial charge on any atom is -0.478 e. The molecule has 0 fully saturated rings. The van der Waals surface area contributed by atoms with Gasteiger partial charge in [0, 0.05) is 5.56 Å². The highest BCUT2D eigenvalue weighted by atomic mass is 35.5. The van der Waals surface area contributed by atoms with Crippen molar-refractivity contribution in [2.75, 3.05) is 0 Å². The quantitative estimate of drug-likeness (QED) is 0.882. The third-order valence-corrected chi connectivity index (χ3v) is 3.18. The summed E-state index contributed by atoms with van der Waals surface area (Å²) in [6.45, 7) is 0. The number of carboxylic acid groups (broad SMARTS) is 1. The number of hydrogen-bond acceptors (Lipinski definition) is 1. The molecule has 0 saturated heterocycles. The molecule has 0 spiro atoms. The van der Waals surface area contributed by atoms with E-state index in [1.807, 2.05) is 0 Å². The summed E-state index contributed by atoms with van der Waals surface area (Å²) in [6, 6.07) is 8.19. The molecule has 2 aromatic carbocycles. The molecule has 92 valence electrons. The van der Waals surface area contributed by atoms with E-state index in [2.05, 4.69) is 0 Å². The molecule has 0 aromatic heterocycles. The summed E-state index contributed by atoms with van der Waals surface area (Å²) in [5.74, 6) is -1.63. The van der Waals surface area contributed by atoms with E-state index >= 15 is 0 Å². The Bertz CT molecular complexity index is 626. The van der Waals surface area contributed by atoms with Crippen LogP contribution in [-0.2, 0) is 0 Å². The van der Waals surface area contributed by atoms with Crippen molar-refractivity contribution in [2.45, 2.75) is 0 Å². The molecule has 0 amide bonds. The second-order valence-corrected chi connectivity index (χ2v) is 4.44. The van der Waals surface area contributed by atoms with E-state index in [4.69, 9.17) is 28.3 Å². The number of rotatable bonds is 2. The molecule has 0 unspecified atom stereocenters. The SMILES string of the molecule is O=C(O)c1ccc(F)c(-c2ccc(Cl)c(Cl)c2)c1. The van der Waals surface area contributed by atoms with E-state index < -0.39 is 11.8 Å². The van der Waals surface area contributed by atoms with Gasteiger partial charge in [-0.2, -0.15) is 0 Å². The Labute approximate surface area is 113 Å². The standard InChI is InChI=1S/C13H7Cl2FO2/c14-10-3-1-7(6-11(10)15)9-5-8(13(17)18)2-4-12(9)16/h1-6H,(H,17,18). The van der Waals surface area contributed by atoms with E-state index in [1.54, 1.807) is 6.07 Å². The maximum absolute atomic E-state index is 13.7. The summed E-state index contributed by atoms with van der Waals surface area (Å²) in [7, 11) is 0. The van der Waals surface area contributed by atoms with Crippen LogP contribution >= 0.6 is 23.2 Å². The normalized spacial score (nSPS) is 10.4. The van der Waals surface area contributed by atoms with Crippen LogP contribution in [0.4, 0.5) is 4.39 Å². The predicted molar refractivity (Wildman–Crippen MR) is 68.8 cm³/mol. The zero-order valence-electron chi connectivity index (χ0n) is 8.95. The second-order valence-electron chi connectivity index (χ2n) is 3.63. The van der Waals surface area contributed by atoms with Gasteiger partial charge in [-0.05, 0) is 35.9 Å². The first-order valence-corrected chi connectivity index (χ1v) is 5.73. The third-order valence-electron chi connectivity index (χ3n) is 2.44. The van der Waals surface area contributed by atoms with E-state index in [0.717, 1.165) is 6.07 Å². The zero-order valence-corrected chi connectivity index (χ0v) is 10.5. The lowest BCUT2D eigenvalue weighted by atomic mass is 10.0. The van der Waals surface area contributed by atoms with Gasteiger partial charge in [-0.3, -0.25) is 0 Å². The summed E-state index contributed by atoms with van der Waals surface area (Å²) >= 11 is 11.6. The lowest BCUT2D eigenvalue weighted by molar-refractivity contribution is 0.0697. The molecule has 0 saturated carbocycles. The molecule has 0 aliphatic rings. The highest BCUT2D eigenvalue weighted by Gasteiger charge is 2.11. The van der Waals surface area contributed by atoms with Gasteiger partial charge in [-0.15, -0.1) is 0 Å². The summed E-state index contributed by atoms with van der Waals surface area (Å²) in [6.07, 6.45) is 0. The van der Waals surface area contributed by atoms with E-state index in [0.29, 0.717) is 10.6 Å². The fourth-order valence-electron chi connectivity index (χ4n) is 1.54. The first kappa shape index (κ1) is 12.9. The topological polar surface area (TPSA) is 37.3 Å². The molecule has 5 heteroatoms. The van der Waals surface area contributed by atoms with Gasteiger partial charge >= 0.3 is 5.97 Å². The largest absolute Gasteiger partial charge is 0.478 e. The molecule has 0 radical (unpaired) electrons. The molecule has 2 nitrogen and oxygen atoms in total. The van der Waals surface area contributed by atoms with Crippen LogP contribution in [0.25, 0.3) is 11.1 Å². The molecule has 0 bridgehead atoms.